The van der Waals surface area contributed by atoms with Crippen molar-refractivity contribution in [1.82, 2.24) is 15.1 Å². The summed E-state index contributed by atoms with van der Waals surface area (Å²) in [5.74, 6) is 0.417. The summed E-state index contributed by atoms with van der Waals surface area (Å²) >= 11 is 0. The Morgan fingerprint density at radius 3 is 2.62 bits per heavy atom. The van der Waals surface area contributed by atoms with Gasteiger partial charge in [-0.3, -0.25) is 4.79 Å². The molecule has 138 valence electrons. The number of carbonyl (C=O) groups excluding carboxylic acids is 1. The summed E-state index contributed by atoms with van der Waals surface area (Å²) in [6.07, 6.45) is 6.44. The van der Waals surface area contributed by atoms with E-state index in [1.165, 1.54) is 11.3 Å². The van der Waals surface area contributed by atoms with Gasteiger partial charge in [0.05, 0.1) is 11.2 Å². The Balaban J connectivity index is 1.70. The van der Waals surface area contributed by atoms with E-state index in [1.54, 1.807) is 0 Å². The third kappa shape index (κ3) is 3.05. The Morgan fingerprint density at radius 2 is 1.96 bits per heavy atom. The van der Waals surface area contributed by atoms with Crippen LogP contribution in [0.1, 0.15) is 59.9 Å². The zero-order valence-electron chi connectivity index (χ0n) is 15.7. The smallest absolute Gasteiger partial charge is 0.272 e. The largest absolute Gasteiger partial charge is 0.344 e. The summed E-state index contributed by atoms with van der Waals surface area (Å²) in [5, 5.41) is 7.96. The van der Waals surface area contributed by atoms with Crippen LogP contribution in [0.5, 0.6) is 0 Å². The molecule has 26 heavy (non-hydrogen) atoms. The number of rotatable bonds is 5. The SMILES string of the molecule is Cc1ccc(-n2nc(C(=O)NC(C)(CN)C3CC3)c3c2CCCC3)cc1. The van der Waals surface area contributed by atoms with E-state index in [1.807, 2.05) is 4.68 Å². The summed E-state index contributed by atoms with van der Waals surface area (Å²) in [6, 6.07) is 8.33. The highest BCUT2D eigenvalue weighted by Crippen LogP contribution is 2.39. The highest BCUT2D eigenvalue weighted by Gasteiger charge is 2.42. The van der Waals surface area contributed by atoms with Gasteiger partial charge in [-0.1, -0.05) is 17.7 Å². The lowest BCUT2D eigenvalue weighted by Crippen LogP contribution is -2.53. The zero-order valence-corrected chi connectivity index (χ0v) is 15.7. The Morgan fingerprint density at radius 1 is 1.27 bits per heavy atom. The van der Waals surface area contributed by atoms with Crippen LogP contribution in [0.25, 0.3) is 5.69 Å². The van der Waals surface area contributed by atoms with Crippen molar-refractivity contribution in [3.8, 4) is 5.69 Å². The van der Waals surface area contributed by atoms with E-state index in [0.717, 1.165) is 49.8 Å². The average molecular weight is 352 g/mol. The normalized spacial score (nSPS) is 18.9. The van der Waals surface area contributed by atoms with Gasteiger partial charge in [0.25, 0.3) is 5.91 Å². The van der Waals surface area contributed by atoms with Gasteiger partial charge >= 0.3 is 0 Å². The number of hydrogen-bond acceptors (Lipinski definition) is 3. The van der Waals surface area contributed by atoms with Crippen molar-refractivity contribution in [2.75, 3.05) is 6.54 Å². The Bertz CT molecular complexity index is 819. The Hall–Kier alpha value is -2.14. The fourth-order valence-electron chi connectivity index (χ4n) is 4.04. The lowest BCUT2D eigenvalue weighted by atomic mass is 9.93. The Labute approximate surface area is 155 Å². The molecule has 1 aromatic carbocycles. The molecule has 2 aromatic rings. The highest BCUT2D eigenvalue weighted by molar-refractivity contribution is 5.94. The minimum atomic E-state index is -0.327. The number of hydrogen-bond donors (Lipinski definition) is 2. The monoisotopic (exact) mass is 352 g/mol. The number of aryl methyl sites for hydroxylation is 1. The summed E-state index contributed by atoms with van der Waals surface area (Å²) in [5.41, 5.74) is 10.8. The molecule has 0 aliphatic heterocycles. The predicted molar refractivity (Wildman–Crippen MR) is 103 cm³/mol. The van der Waals surface area contributed by atoms with E-state index in [9.17, 15) is 4.79 Å². The molecule has 1 fully saturated rings. The fraction of sp³-hybridized carbons (Fsp3) is 0.524. The topological polar surface area (TPSA) is 72.9 Å². The fourth-order valence-corrected chi connectivity index (χ4v) is 4.04. The Kier molecular flexibility index (Phi) is 4.35. The molecule has 0 spiro atoms. The number of fused-ring (bicyclic) bond motifs is 1. The van der Waals surface area contributed by atoms with Crippen LogP contribution < -0.4 is 11.1 Å². The third-order valence-corrected chi connectivity index (χ3v) is 5.98. The number of amides is 1. The van der Waals surface area contributed by atoms with E-state index in [4.69, 9.17) is 10.8 Å². The first-order valence-electron chi connectivity index (χ1n) is 9.72. The molecule has 2 aliphatic rings. The molecular formula is C21H28N4O. The maximum absolute atomic E-state index is 13.1. The van der Waals surface area contributed by atoms with Gasteiger partial charge in [-0.25, -0.2) is 4.68 Å². The van der Waals surface area contributed by atoms with Crippen molar-refractivity contribution in [2.45, 2.75) is 57.9 Å². The molecule has 5 heteroatoms. The van der Waals surface area contributed by atoms with Crippen LogP contribution in [0.15, 0.2) is 24.3 Å². The van der Waals surface area contributed by atoms with Crippen molar-refractivity contribution in [2.24, 2.45) is 11.7 Å². The molecule has 2 aliphatic carbocycles. The lowest BCUT2D eigenvalue weighted by molar-refractivity contribution is 0.0891. The van der Waals surface area contributed by atoms with Crippen LogP contribution in [0.2, 0.25) is 0 Å². The number of carbonyl (C=O) groups is 1. The van der Waals surface area contributed by atoms with E-state index in [-0.39, 0.29) is 11.4 Å². The third-order valence-electron chi connectivity index (χ3n) is 5.98. The van der Waals surface area contributed by atoms with Gasteiger partial charge in [0, 0.05) is 17.8 Å². The van der Waals surface area contributed by atoms with E-state index in [2.05, 4.69) is 43.4 Å². The molecule has 4 rings (SSSR count). The molecule has 5 nitrogen and oxygen atoms in total. The van der Waals surface area contributed by atoms with Gasteiger partial charge in [-0.05, 0) is 70.4 Å². The second kappa shape index (κ2) is 6.54. The number of nitrogens with zero attached hydrogens (tertiary/aromatic N) is 2. The minimum Gasteiger partial charge on any atom is -0.344 e. The first-order chi connectivity index (χ1) is 12.5. The predicted octanol–water partition coefficient (Wildman–Crippen LogP) is 2.92. The molecule has 1 saturated carbocycles. The maximum atomic E-state index is 13.1. The van der Waals surface area contributed by atoms with Crippen LogP contribution in [0.3, 0.4) is 0 Å². The van der Waals surface area contributed by atoms with E-state index < -0.39 is 0 Å². The van der Waals surface area contributed by atoms with Crippen LogP contribution >= 0.6 is 0 Å². The van der Waals surface area contributed by atoms with Crippen molar-refractivity contribution < 1.29 is 4.79 Å². The molecule has 0 radical (unpaired) electrons. The molecule has 1 amide bonds. The van der Waals surface area contributed by atoms with Crippen molar-refractivity contribution in [3.05, 3.63) is 46.8 Å². The standard InChI is InChI=1S/C21H28N4O/c1-14-7-11-16(12-8-14)25-18-6-4-3-5-17(18)19(24-25)20(26)23-21(2,13-22)15-9-10-15/h7-8,11-12,15H,3-6,9-10,13,22H2,1-2H3,(H,23,26). The van der Waals surface area contributed by atoms with E-state index in [0.29, 0.717) is 18.2 Å². The van der Waals surface area contributed by atoms with Gasteiger partial charge in [0.1, 0.15) is 0 Å². The van der Waals surface area contributed by atoms with Gasteiger partial charge in [0.2, 0.25) is 0 Å². The van der Waals surface area contributed by atoms with Crippen molar-refractivity contribution >= 4 is 5.91 Å². The molecule has 3 N–H and O–H groups in total. The molecule has 0 bridgehead atoms. The van der Waals surface area contributed by atoms with Gasteiger partial charge in [-0.15, -0.1) is 0 Å². The van der Waals surface area contributed by atoms with Gasteiger partial charge in [-0.2, -0.15) is 5.10 Å². The zero-order chi connectivity index (χ0) is 18.3. The van der Waals surface area contributed by atoms with Gasteiger partial charge < -0.3 is 11.1 Å². The second-order valence-corrected chi connectivity index (χ2v) is 8.08. The number of nitrogens with one attached hydrogen (secondary N) is 1. The first kappa shape index (κ1) is 17.3. The summed E-state index contributed by atoms with van der Waals surface area (Å²) in [7, 11) is 0. The van der Waals surface area contributed by atoms with Crippen LogP contribution in [0.4, 0.5) is 0 Å². The van der Waals surface area contributed by atoms with Gasteiger partial charge in [0.15, 0.2) is 5.69 Å². The highest BCUT2D eigenvalue weighted by atomic mass is 16.2. The molecule has 1 heterocycles. The summed E-state index contributed by atoms with van der Waals surface area (Å²) in [6.45, 7) is 4.60. The molecule has 0 saturated heterocycles. The molecule has 1 atom stereocenters. The molecule has 1 aromatic heterocycles. The second-order valence-electron chi connectivity index (χ2n) is 8.08. The number of nitrogens with two attached hydrogens (primary N) is 1. The minimum absolute atomic E-state index is 0.0751. The maximum Gasteiger partial charge on any atom is 0.272 e. The van der Waals surface area contributed by atoms with E-state index >= 15 is 0 Å². The summed E-state index contributed by atoms with van der Waals surface area (Å²) < 4.78 is 1.97. The molecule has 1 unspecified atom stereocenters. The van der Waals surface area contributed by atoms with Crippen molar-refractivity contribution in [3.63, 3.8) is 0 Å². The quantitative estimate of drug-likeness (QED) is 0.869. The van der Waals surface area contributed by atoms with Crippen LogP contribution in [-0.2, 0) is 12.8 Å². The number of benzene rings is 1. The average Bonchev–Trinajstić information content (AvgIpc) is 3.44. The van der Waals surface area contributed by atoms with Crippen LogP contribution in [-0.4, -0.2) is 27.8 Å². The molecular weight excluding hydrogens is 324 g/mol. The first-order valence-corrected chi connectivity index (χ1v) is 9.72. The lowest BCUT2D eigenvalue weighted by Gasteiger charge is -2.29. The van der Waals surface area contributed by atoms with Crippen LogP contribution in [0, 0.1) is 12.8 Å². The summed E-state index contributed by atoms with van der Waals surface area (Å²) in [4.78, 5) is 13.1. The number of aromatic nitrogens is 2. The van der Waals surface area contributed by atoms with Crippen molar-refractivity contribution in [1.29, 1.82) is 0 Å².